The molecule has 0 saturated carbocycles. The Morgan fingerprint density at radius 3 is 2.71 bits per heavy atom. The fourth-order valence-corrected chi connectivity index (χ4v) is 1.25. The van der Waals surface area contributed by atoms with Crippen molar-refractivity contribution < 1.29 is 0 Å². The number of nitrogens with zero attached hydrogens (tertiary/aromatic N) is 2. The fraction of sp³-hybridized carbons (Fsp3) is 0.556. The Morgan fingerprint density at radius 2 is 2.14 bits per heavy atom. The van der Waals surface area contributed by atoms with Crippen LogP contribution in [0.3, 0.4) is 0 Å². The molecule has 0 atom stereocenters. The fourth-order valence-electron chi connectivity index (χ4n) is 1.25. The molecular formula is C9H15N3O2. The highest BCUT2D eigenvalue weighted by Crippen LogP contribution is 1.81. The van der Waals surface area contributed by atoms with Gasteiger partial charge in [-0.15, -0.1) is 0 Å². The zero-order valence-electron chi connectivity index (χ0n) is 8.27. The zero-order valence-corrected chi connectivity index (χ0v) is 8.27. The summed E-state index contributed by atoms with van der Waals surface area (Å²) in [7, 11) is 0. The molecule has 0 radical (unpaired) electrons. The number of aryl methyl sites for hydroxylation is 1. The first-order chi connectivity index (χ1) is 6.70. The van der Waals surface area contributed by atoms with E-state index in [9.17, 15) is 9.59 Å². The lowest BCUT2D eigenvalue weighted by atomic mass is 10.4. The predicted octanol–water partition coefficient (Wildman–Crippen LogP) is -0.621. The summed E-state index contributed by atoms with van der Waals surface area (Å²) in [6.45, 7) is 3.31. The van der Waals surface area contributed by atoms with Crippen LogP contribution in [-0.4, -0.2) is 15.7 Å². The summed E-state index contributed by atoms with van der Waals surface area (Å²) in [4.78, 5) is 22.9. The number of aromatic nitrogens is 2. The molecule has 0 unspecified atom stereocenters. The number of nitrogens with two attached hydrogens (primary N) is 1. The molecule has 1 rings (SSSR count). The minimum absolute atomic E-state index is 0.256. The van der Waals surface area contributed by atoms with E-state index in [0.29, 0.717) is 26.1 Å². The third kappa shape index (κ3) is 2.11. The number of hydrogen-bond donors (Lipinski definition) is 1. The van der Waals surface area contributed by atoms with Gasteiger partial charge in [-0.1, -0.05) is 0 Å². The summed E-state index contributed by atoms with van der Waals surface area (Å²) in [6, 6.07) is 1.40. The maximum Gasteiger partial charge on any atom is 0.330 e. The second-order valence-electron chi connectivity index (χ2n) is 3.02. The van der Waals surface area contributed by atoms with Crippen molar-refractivity contribution in [2.75, 3.05) is 6.54 Å². The summed E-state index contributed by atoms with van der Waals surface area (Å²) < 4.78 is 2.72. The second kappa shape index (κ2) is 4.76. The second-order valence-corrected chi connectivity index (χ2v) is 3.02. The summed E-state index contributed by atoms with van der Waals surface area (Å²) in [6.07, 6.45) is 2.16. The third-order valence-electron chi connectivity index (χ3n) is 2.07. The topological polar surface area (TPSA) is 70.0 Å². The van der Waals surface area contributed by atoms with Crippen LogP contribution in [-0.2, 0) is 13.1 Å². The highest BCUT2D eigenvalue weighted by atomic mass is 16.2. The van der Waals surface area contributed by atoms with E-state index in [1.165, 1.54) is 21.4 Å². The maximum absolute atomic E-state index is 11.6. The van der Waals surface area contributed by atoms with Crippen molar-refractivity contribution in [3.63, 3.8) is 0 Å². The van der Waals surface area contributed by atoms with E-state index < -0.39 is 0 Å². The molecule has 0 aliphatic rings. The van der Waals surface area contributed by atoms with Gasteiger partial charge in [0.05, 0.1) is 0 Å². The molecule has 0 aromatic carbocycles. The molecule has 0 aliphatic heterocycles. The van der Waals surface area contributed by atoms with E-state index in [1.54, 1.807) is 0 Å². The molecule has 1 heterocycles. The van der Waals surface area contributed by atoms with Gasteiger partial charge in [0.15, 0.2) is 0 Å². The van der Waals surface area contributed by atoms with Gasteiger partial charge in [0.1, 0.15) is 0 Å². The highest BCUT2D eigenvalue weighted by Gasteiger charge is 2.02. The molecule has 0 aliphatic carbocycles. The molecule has 0 saturated heterocycles. The largest absolute Gasteiger partial charge is 0.330 e. The van der Waals surface area contributed by atoms with Gasteiger partial charge in [-0.25, -0.2) is 4.79 Å². The van der Waals surface area contributed by atoms with Crippen LogP contribution in [0.5, 0.6) is 0 Å². The van der Waals surface area contributed by atoms with Crippen LogP contribution in [0.4, 0.5) is 0 Å². The van der Waals surface area contributed by atoms with Gasteiger partial charge in [0.25, 0.3) is 5.56 Å². The van der Waals surface area contributed by atoms with Crippen molar-refractivity contribution in [2.45, 2.75) is 26.4 Å². The Bertz CT molecular complexity index is 405. The maximum atomic E-state index is 11.6. The van der Waals surface area contributed by atoms with Gasteiger partial charge in [0, 0.05) is 25.4 Å². The van der Waals surface area contributed by atoms with E-state index in [1.807, 2.05) is 6.92 Å². The first-order valence-electron chi connectivity index (χ1n) is 4.71. The van der Waals surface area contributed by atoms with Gasteiger partial charge in [-0.2, -0.15) is 0 Å². The van der Waals surface area contributed by atoms with Crippen LogP contribution in [0, 0.1) is 0 Å². The monoisotopic (exact) mass is 197 g/mol. The van der Waals surface area contributed by atoms with E-state index in [2.05, 4.69) is 0 Å². The van der Waals surface area contributed by atoms with Gasteiger partial charge in [-0.05, 0) is 19.9 Å². The van der Waals surface area contributed by atoms with Crippen LogP contribution in [0.25, 0.3) is 0 Å². The van der Waals surface area contributed by atoms with E-state index in [-0.39, 0.29) is 11.2 Å². The van der Waals surface area contributed by atoms with Crippen LogP contribution in [0.1, 0.15) is 13.3 Å². The zero-order chi connectivity index (χ0) is 10.6. The Hall–Kier alpha value is -1.36. The Morgan fingerprint density at radius 1 is 1.43 bits per heavy atom. The Labute approximate surface area is 81.8 Å². The van der Waals surface area contributed by atoms with E-state index >= 15 is 0 Å². The Kier molecular flexibility index (Phi) is 3.64. The lowest BCUT2D eigenvalue weighted by Crippen LogP contribution is -2.39. The van der Waals surface area contributed by atoms with Crippen LogP contribution < -0.4 is 17.0 Å². The van der Waals surface area contributed by atoms with Gasteiger partial charge < -0.3 is 10.3 Å². The Balaban J connectivity index is 3.13. The molecule has 0 spiro atoms. The average Bonchev–Trinajstić information content (AvgIpc) is 2.18. The molecule has 2 N–H and O–H groups in total. The highest BCUT2D eigenvalue weighted by molar-refractivity contribution is 4.86. The SMILES string of the molecule is CCn1ccc(=O)n(CCCN)c1=O. The first-order valence-corrected chi connectivity index (χ1v) is 4.71. The molecule has 1 aromatic rings. The minimum Gasteiger partial charge on any atom is -0.330 e. The summed E-state index contributed by atoms with van der Waals surface area (Å²) in [5.74, 6) is 0. The van der Waals surface area contributed by atoms with Crippen molar-refractivity contribution in [1.82, 2.24) is 9.13 Å². The standard InChI is InChI=1S/C9H15N3O2/c1-2-11-7-4-8(13)12(9(11)14)6-3-5-10/h4,7H,2-3,5-6,10H2,1H3. The summed E-state index contributed by atoms with van der Waals surface area (Å²) in [5.41, 5.74) is 4.81. The molecule has 0 bridgehead atoms. The molecule has 1 aromatic heterocycles. The molecule has 5 nitrogen and oxygen atoms in total. The van der Waals surface area contributed by atoms with E-state index in [4.69, 9.17) is 5.73 Å². The molecule has 0 fully saturated rings. The van der Waals surface area contributed by atoms with Crippen LogP contribution in [0.2, 0.25) is 0 Å². The van der Waals surface area contributed by atoms with Crippen molar-refractivity contribution in [2.24, 2.45) is 5.73 Å². The first kappa shape index (κ1) is 10.7. The lowest BCUT2D eigenvalue weighted by molar-refractivity contribution is 0.548. The molecule has 78 valence electrons. The summed E-state index contributed by atoms with van der Waals surface area (Å²) in [5, 5.41) is 0. The van der Waals surface area contributed by atoms with Gasteiger partial charge in [-0.3, -0.25) is 9.36 Å². The van der Waals surface area contributed by atoms with Gasteiger partial charge in [0.2, 0.25) is 0 Å². The van der Waals surface area contributed by atoms with Crippen molar-refractivity contribution in [1.29, 1.82) is 0 Å². The van der Waals surface area contributed by atoms with Crippen LogP contribution in [0.15, 0.2) is 21.9 Å². The smallest absolute Gasteiger partial charge is 0.330 e. The number of hydrogen-bond acceptors (Lipinski definition) is 3. The van der Waals surface area contributed by atoms with Crippen molar-refractivity contribution >= 4 is 0 Å². The van der Waals surface area contributed by atoms with E-state index in [0.717, 1.165) is 0 Å². The van der Waals surface area contributed by atoms with Gasteiger partial charge >= 0.3 is 5.69 Å². The molecule has 14 heavy (non-hydrogen) atoms. The average molecular weight is 197 g/mol. The van der Waals surface area contributed by atoms with Crippen molar-refractivity contribution in [3.8, 4) is 0 Å². The number of rotatable bonds is 4. The molecule has 5 heteroatoms. The molecule has 0 amide bonds. The quantitative estimate of drug-likeness (QED) is 0.699. The normalized spacial score (nSPS) is 10.4. The predicted molar refractivity (Wildman–Crippen MR) is 54.3 cm³/mol. The summed E-state index contributed by atoms with van der Waals surface area (Å²) >= 11 is 0. The van der Waals surface area contributed by atoms with Crippen molar-refractivity contribution in [3.05, 3.63) is 33.1 Å². The minimum atomic E-state index is -0.256. The third-order valence-corrected chi connectivity index (χ3v) is 2.07. The molecular weight excluding hydrogens is 182 g/mol. The van der Waals surface area contributed by atoms with Crippen LogP contribution >= 0.6 is 0 Å². The lowest BCUT2D eigenvalue weighted by Gasteiger charge is -2.06.